The zero-order valence-corrected chi connectivity index (χ0v) is 16.4. The van der Waals surface area contributed by atoms with E-state index in [0.717, 1.165) is 67.4 Å². The molecule has 0 bridgehead atoms. The van der Waals surface area contributed by atoms with Gasteiger partial charge in [-0.15, -0.1) is 0 Å². The minimum atomic E-state index is 0.703. The number of fused-ring (bicyclic) bond motifs is 1. The standard InChI is InChI=1S/C20H30N4O2/c1-5-9-24(10-6-2)20-21-16-14-18(26-4)17(25-3)13-15(16)19(22-20)23-11-7-8-12-23/h13-14H,5-12H2,1-4H3. The second kappa shape index (κ2) is 8.43. The molecule has 26 heavy (non-hydrogen) atoms. The Labute approximate surface area is 156 Å². The average molecular weight is 358 g/mol. The lowest BCUT2D eigenvalue weighted by molar-refractivity contribution is 0.356. The molecule has 1 aromatic heterocycles. The van der Waals surface area contributed by atoms with Crippen LogP contribution in [0.1, 0.15) is 39.5 Å². The molecule has 0 spiro atoms. The summed E-state index contributed by atoms with van der Waals surface area (Å²) >= 11 is 0. The Hall–Kier alpha value is -2.24. The Bertz CT molecular complexity index is 738. The summed E-state index contributed by atoms with van der Waals surface area (Å²) in [6, 6.07) is 3.98. The van der Waals surface area contributed by atoms with Gasteiger partial charge in [0.05, 0.1) is 19.7 Å². The van der Waals surface area contributed by atoms with Crippen molar-refractivity contribution in [3.63, 3.8) is 0 Å². The van der Waals surface area contributed by atoms with Gasteiger partial charge in [0.2, 0.25) is 5.95 Å². The Balaban J connectivity index is 2.17. The number of methoxy groups -OCH3 is 2. The summed E-state index contributed by atoms with van der Waals surface area (Å²) in [6.45, 7) is 8.40. The summed E-state index contributed by atoms with van der Waals surface area (Å²) in [5, 5.41) is 1.03. The van der Waals surface area contributed by atoms with Crippen molar-refractivity contribution in [1.82, 2.24) is 9.97 Å². The van der Waals surface area contributed by atoms with Crippen LogP contribution < -0.4 is 19.3 Å². The molecule has 1 saturated heterocycles. The maximum Gasteiger partial charge on any atom is 0.227 e. The van der Waals surface area contributed by atoms with E-state index in [0.29, 0.717) is 5.75 Å². The molecule has 142 valence electrons. The second-order valence-electron chi connectivity index (χ2n) is 6.75. The lowest BCUT2D eigenvalue weighted by atomic mass is 10.2. The molecule has 0 N–H and O–H groups in total. The van der Waals surface area contributed by atoms with Gasteiger partial charge in [0.25, 0.3) is 0 Å². The molecule has 2 heterocycles. The van der Waals surface area contributed by atoms with Crippen LogP contribution in [0, 0.1) is 0 Å². The van der Waals surface area contributed by atoms with Crippen molar-refractivity contribution in [3.8, 4) is 11.5 Å². The summed E-state index contributed by atoms with van der Waals surface area (Å²) < 4.78 is 11.0. The topological polar surface area (TPSA) is 50.7 Å². The van der Waals surface area contributed by atoms with Crippen LogP contribution in [0.25, 0.3) is 10.9 Å². The van der Waals surface area contributed by atoms with E-state index in [1.165, 1.54) is 12.8 Å². The van der Waals surface area contributed by atoms with Crippen molar-refractivity contribution in [3.05, 3.63) is 12.1 Å². The van der Waals surface area contributed by atoms with E-state index in [1.54, 1.807) is 14.2 Å². The van der Waals surface area contributed by atoms with Gasteiger partial charge in [0.1, 0.15) is 5.82 Å². The van der Waals surface area contributed by atoms with Gasteiger partial charge in [-0.3, -0.25) is 0 Å². The van der Waals surface area contributed by atoms with E-state index < -0.39 is 0 Å². The molecular weight excluding hydrogens is 328 g/mol. The molecule has 0 atom stereocenters. The lowest BCUT2D eigenvalue weighted by Crippen LogP contribution is -2.28. The maximum atomic E-state index is 5.51. The normalized spacial score (nSPS) is 14.1. The highest BCUT2D eigenvalue weighted by Crippen LogP contribution is 2.37. The fourth-order valence-electron chi connectivity index (χ4n) is 3.59. The molecule has 1 aliphatic rings. The lowest BCUT2D eigenvalue weighted by Gasteiger charge is -2.25. The van der Waals surface area contributed by atoms with Crippen LogP contribution >= 0.6 is 0 Å². The van der Waals surface area contributed by atoms with Crippen molar-refractivity contribution >= 4 is 22.7 Å². The van der Waals surface area contributed by atoms with E-state index in [1.807, 2.05) is 12.1 Å². The number of rotatable bonds is 8. The third kappa shape index (κ3) is 3.64. The highest BCUT2D eigenvalue weighted by Gasteiger charge is 2.21. The molecule has 0 amide bonds. The summed E-state index contributed by atoms with van der Waals surface area (Å²) in [5.74, 6) is 3.25. The summed E-state index contributed by atoms with van der Waals surface area (Å²) in [4.78, 5) is 14.5. The van der Waals surface area contributed by atoms with Gasteiger partial charge in [-0.25, -0.2) is 4.98 Å². The molecule has 1 aliphatic heterocycles. The minimum absolute atomic E-state index is 0.703. The number of nitrogens with zero attached hydrogens (tertiary/aromatic N) is 4. The van der Waals surface area contributed by atoms with E-state index in [-0.39, 0.29) is 0 Å². The smallest absolute Gasteiger partial charge is 0.227 e. The SMILES string of the molecule is CCCN(CCC)c1nc(N2CCCC2)c2cc(OC)c(OC)cc2n1. The summed E-state index contributed by atoms with van der Waals surface area (Å²) in [5.41, 5.74) is 0.909. The van der Waals surface area contributed by atoms with Crippen molar-refractivity contribution in [2.75, 3.05) is 50.2 Å². The van der Waals surface area contributed by atoms with Gasteiger partial charge < -0.3 is 19.3 Å². The largest absolute Gasteiger partial charge is 0.493 e. The van der Waals surface area contributed by atoms with Crippen molar-refractivity contribution in [2.24, 2.45) is 0 Å². The molecule has 0 radical (unpaired) electrons. The Morgan fingerprint density at radius 1 is 0.962 bits per heavy atom. The van der Waals surface area contributed by atoms with Crippen molar-refractivity contribution in [2.45, 2.75) is 39.5 Å². The van der Waals surface area contributed by atoms with Gasteiger partial charge in [-0.05, 0) is 31.7 Å². The van der Waals surface area contributed by atoms with Crippen LogP contribution in [0.3, 0.4) is 0 Å². The van der Waals surface area contributed by atoms with Crippen LogP contribution in [0.5, 0.6) is 11.5 Å². The average Bonchev–Trinajstić information content (AvgIpc) is 3.20. The van der Waals surface area contributed by atoms with Crippen molar-refractivity contribution in [1.29, 1.82) is 0 Å². The van der Waals surface area contributed by atoms with Gasteiger partial charge in [0, 0.05) is 37.6 Å². The molecule has 0 saturated carbocycles. The van der Waals surface area contributed by atoms with Gasteiger partial charge in [0.15, 0.2) is 11.5 Å². The number of aromatic nitrogens is 2. The summed E-state index contributed by atoms with van der Waals surface area (Å²) in [6.07, 6.45) is 4.57. The number of hydrogen-bond acceptors (Lipinski definition) is 6. The van der Waals surface area contributed by atoms with Crippen LogP contribution in [0.15, 0.2) is 12.1 Å². The Kier molecular flexibility index (Phi) is 6.01. The quantitative estimate of drug-likeness (QED) is 0.714. The first kappa shape index (κ1) is 18.5. The Morgan fingerprint density at radius 2 is 1.58 bits per heavy atom. The third-order valence-corrected chi connectivity index (χ3v) is 4.84. The third-order valence-electron chi connectivity index (χ3n) is 4.84. The molecule has 1 aromatic carbocycles. The molecule has 1 fully saturated rings. The molecule has 6 nitrogen and oxygen atoms in total. The predicted molar refractivity (Wildman–Crippen MR) is 107 cm³/mol. The number of hydrogen-bond donors (Lipinski definition) is 0. The predicted octanol–water partition coefficient (Wildman–Crippen LogP) is 3.87. The zero-order chi connectivity index (χ0) is 18.5. The first-order chi connectivity index (χ1) is 12.7. The van der Waals surface area contributed by atoms with Gasteiger partial charge in [-0.1, -0.05) is 13.8 Å². The van der Waals surface area contributed by atoms with E-state index in [9.17, 15) is 0 Å². The van der Waals surface area contributed by atoms with E-state index >= 15 is 0 Å². The van der Waals surface area contributed by atoms with Crippen LogP contribution in [0.2, 0.25) is 0 Å². The maximum absolute atomic E-state index is 5.51. The molecule has 3 rings (SSSR count). The fraction of sp³-hybridized carbons (Fsp3) is 0.600. The molecule has 6 heteroatoms. The van der Waals surface area contributed by atoms with Crippen LogP contribution in [-0.2, 0) is 0 Å². The first-order valence-electron chi connectivity index (χ1n) is 9.65. The van der Waals surface area contributed by atoms with Gasteiger partial charge >= 0.3 is 0 Å². The number of ether oxygens (including phenoxy) is 2. The van der Waals surface area contributed by atoms with Crippen LogP contribution in [0.4, 0.5) is 11.8 Å². The van der Waals surface area contributed by atoms with E-state index in [4.69, 9.17) is 19.4 Å². The van der Waals surface area contributed by atoms with Crippen LogP contribution in [-0.4, -0.2) is 50.4 Å². The number of benzene rings is 1. The first-order valence-corrected chi connectivity index (χ1v) is 9.65. The fourth-order valence-corrected chi connectivity index (χ4v) is 3.59. The molecule has 2 aromatic rings. The monoisotopic (exact) mass is 358 g/mol. The molecule has 0 aliphatic carbocycles. The zero-order valence-electron chi connectivity index (χ0n) is 16.4. The van der Waals surface area contributed by atoms with Crippen molar-refractivity contribution < 1.29 is 9.47 Å². The Morgan fingerprint density at radius 3 is 2.15 bits per heavy atom. The van der Waals surface area contributed by atoms with E-state index in [2.05, 4.69) is 23.6 Å². The van der Waals surface area contributed by atoms with Gasteiger partial charge in [-0.2, -0.15) is 4.98 Å². The summed E-state index contributed by atoms with van der Waals surface area (Å²) in [7, 11) is 3.33. The molecular formula is C20H30N4O2. The highest BCUT2D eigenvalue weighted by molar-refractivity contribution is 5.93. The second-order valence-corrected chi connectivity index (χ2v) is 6.75. The molecule has 0 unspecified atom stereocenters. The minimum Gasteiger partial charge on any atom is -0.493 e. The number of anilines is 2. The highest BCUT2D eigenvalue weighted by atomic mass is 16.5.